The van der Waals surface area contributed by atoms with Crippen LogP contribution in [0.1, 0.15) is 44.9 Å². The van der Waals surface area contributed by atoms with Gasteiger partial charge in [0.25, 0.3) is 0 Å². The topological polar surface area (TPSA) is 33.1 Å². The van der Waals surface area contributed by atoms with Crippen molar-refractivity contribution in [1.82, 2.24) is 19.8 Å². The molecule has 4 rings (SSSR count). The van der Waals surface area contributed by atoms with Crippen LogP contribution >= 0.6 is 0 Å². The monoisotopic (exact) mass is 312 g/mol. The van der Waals surface area contributed by atoms with Crippen molar-refractivity contribution in [3.8, 4) is 0 Å². The van der Waals surface area contributed by atoms with Crippen LogP contribution in [0.15, 0.2) is 24.3 Å². The summed E-state index contributed by atoms with van der Waals surface area (Å²) in [4.78, 5) is 7.63. The summed E-state index contributed by atoms with van der Waals surface area (Å²) >= 11 is 0. The molecule has 1 aromatic carbocycles. The Morgan fingerprint density at radius 2 is 2.13 bits per heavy atom. The summed E-state index contributed by atoms with van der Waals surface area (Å²) in [5.74, 6) is 1.25. The van der Waals surface area contributed by atoms with E-state index >= 15 is 0 Å². The highest BCUT2D eigenvalue weighted by Gasteiger charge is 2.35. The van der Waals surface area contributed by atoms with Gasteiger partial charge in [-0.1, -0.05) is 25.5 Å². The molecule has 0 bridgehead atoms. The molecule has 0 spiro atoms. The third kappa shape index (κ3) is 2.90. The van der Waals surface area contributed by atoms with Gasteiger partial charge < -0.3 is 9.88 Å². The molecule has 2 aliphatic heterocycles. The maximum Gasteiger partial charge on any atom is 0.124 e. The normalized spacial score (nSPS) is 25.6. The average Bonchev–Trinajstić information content (AvgIpc) is 3.01. The number of aromatic nitrogens is 2. The van der Waals surface area contributed by atoms with Crippen molar-refractivity contribution in [3.05, 3.63) is 30.1 Å². The SMILES string of the molecule is CCCn1c(CN2CC[C@H]3NCCCC[C@H]32)nc2ccccc21. The molecule has 1 N–H and O–H groups in total. The van der Waals surface area contributed by atoms with Crippen molar-refractivity contribution in [2.75, 3.05) is 13.1 Å². The summed E-state index contributed by atoms with van der Waals surface area (Å²) in [6, 6.07) is 9.97. The molecule has 2 aliphatic rings. The second-order valence-electron chi connectivity index (χ2n) is 7.05. The predicted octanol–water partition coefficient (Wildman–Crippen LogP) is 3.16. The molecule has 124 valence electrons. The molecule has 23 heavy (non-hydrogen) atoms. The minimum atomic E-state index is 0.696. The summed E-state index contributed by atoms with van der Waals surface area (Å²) < 4.78 is 2.44. The maximum atomic E-state index is 4.96. The van der Waals surface area contributed by atoms with Gasteiger partial charge in [-0.15, -0.1) is 0 Å². The summed E-state index contributed by atoms with van der Waals surface area (Å²) in [7, 11) is 0. The fourth-order valence-electron chi connectivity index (χ4n) is 4.40. The number of benzene rings is 1. The van der Waals surface area contributed by atoms with E-state index in [1.807, 2.05) is 0 Å². The zero-order valence-corrected chi connectivity index (χ0v) is 14.2. The number of hydrogen-bond donors (Lipinski definition) is 1. The van der Waals surface area contributed by atoms with Gasteiger partial charge >= 0.3 is 0 Å². The number of aryl methyl sites for hydroxylation is 1. The molecule has 2 atom stereocenters. The zero-order valence-electron chi connectivity index (χ0n) is 14.2. The molecular weight excluding hydrogens is 284 g/mol. The Hall–Kier alpha value is -1.39. The van der Waals surface area contributed by atoms with Crippen LogP contribution in [0.4, 0.5) is 0 Å². The number of likely N-dealkylation sites (tertiary alicyclic amines) is 1. The van der Waals surface area contributed by atoms with Crippen LogP contribution in [0.5, 0.6) is 0 Å². The number of nitrogens with one attached hydrogen (secondary N) is 1. The summed E-state index contributed by atoms with van der Waals surface area (Å²) in [6.45, 7) is 6.72. The van der Waals surface area contributed by atoms with E-state index in [2.05, 4.69) is 46.0 Å². The van der Waals surface area contributed by atoms with E-state index in [1.165, 1.54) is 50.1 Å². The molecule has 0 saturated carbocycles. The molecule has 0 amide bonds. The van der Waals surface area contributed by atoms with Crippen LogP contribution in [-0.4, -0.2) is 39.6 Å². The number of fused-ring (bicyclic) bond motifs is 2. The fourth-order valence-corrected chi connectivity index (χ4v) is 4.40. The van der Waals surface area contributed by atoms with Crippen molar-refractivity contribution in [2.45, 2.75) is 64.2 Å². The van der Waals surface area contributed by atoms with E-state index in [9.17, 15) is 0 Å². The van der Waals surface area contributed by atoms with Gasteiger partial charge in [0, 0.05) is 25.2 Å². The van der Waals surface area contributed by atoms with Crippen molar-refractivity contribution in [3.63, 3.8) is 0 Å². The Labute approximate surface area is 138 Å². The molecule has 4 heteroatoms. The lowest BCUT2D eigenvalue weighted by molar-refractivity contribution is 0.213. The number of hydrogen-bond acceptors (Lipinski definition) is 3. The largest absolute Gasteiger partial charge is 0.327 e. The maximum absolute atomic E-state index is 4.96. The van der Waals surface area contributed by atoms with Gasteiger partial charge in [0.15, 0.2) is 0 Å². The lowest BCUT2D eigenvalue weighted by Gasteiger charge is -2.26. The van der Waals surface area contributed by atoms with Crippen molar-refractivity contribution in [1.29, 1.82) is 0 Å². The first-order chi connectivity index (χ1) is 11.4. The van der Waals surface area contributed by atoms with Gasteiger partial charge in [0.05, 0.1) is 17.6 Å². The molecule has 1 aromatic heterocycles. The fraction of sp³-hybridized carbons (Fsp3) is 0.632. The first kappa shape index (κ1) is 15.2. The molecule has 2 fully saturated rings. The van der Waals surface area contributed by atoms with Crippen LogP contribution in [0.2, 0.25) is 0 Å². The van der Waals surface area contributed by atoms with Crippen LogP contribution in [0, 0.1) is 0 Å². The number of rotatable bonds is 4. The van der Waals surface area contributed by atoms with E-state index < -0.39 is 0 Å². The van der Waals surface area contributed by atoms with Gasteiger partial charge in [0.2, 0.25) is 0 Å². The molecular formula is C19H28N4. The standard InChI is InChI=1S/C19H28N4/c1-2-12-23-18-9-4-3-7-16(18)21-19(23)14-22-13-10-15-17(22)8-5-6-11-20-15/h3-4,7,9,15,17,20H,2,5-6,8,10-14H2,1H3/t15-,17-/m1/s1. The molecule has 2 saturated heterocycles. The van der Waals surface area contributed by atoms with Gasteiger partial charge in [-0.2, -0.15) is 0 Å². The number of imidazole rings is 1. The average molecular weight is 312 g/mol. The summed E-state index contributed by atoms with van der Waals surface area (Å²) in [6.07, 6.45) is 6.47. The van der Waals surface area contributed by atoms with E-state index in [1.54, 1.807) is 0 Å². The third-order valence-corrected chi connectivity index (χ3v) is 5.52. The Morgan fingerprint density at radius 3 is 3.04 bits per heavy atom. The van der Waals surface area contributed by atoms with Crippen molar-refractivity contribution in [2.24, 2.45) is 0 Å². The number of nitrogens with zero attached hydrogens (tertiary/aromatic N) is 3. The highest BCUT2D eigenvalue weighted by atomic mass is 15.3. The molecule has 4 nitrogen and oxygen atoms in total. The Bertz CT molecular complexity index is 662. The van der Waals surface area contributed by atoms with Gasteiger partial charge in [-0.3, -0.25) is 4.90 Å². The minimum Gasteiger partial charge on any atom is -0.327 e. The molecule has 0 unspecified atom stereocenters. The van der Waals surface area contributed by atoms with Gasteiger partial charge in [0.1, 0.15) is 5.82 Å². The van der Waals surface area contributed by atoms with Crippen molar-refractivity contribution < 1.29 is 0 Å². The molecule has 3 heterocycles. The number of para-hydroxylation sites is 2. The first-order valence-electron chi connectivity index (χ1n) is 9.28. The second-order valence-corrected chi connectivity index (χ2v) is 7.05. The van der Waals surface area contributed by atoms with Crippen LogP contribution in [0.25, 0.3) is 11.0 Å². The van der Waals surface area contributed by atoms with Crippen LogP contribution in [-0.2, 0) is 13.1 Å². The lowest BCUT2D eigenvalue weighted by Crippen LogP contribution is -2.41. The third-order valence-electron chi connectivity index (χ3n) is 5.52. The van der Waals surface area contributed by atoms with Gasteiger partial charge in [-0.25, -0.2) is 4.98 Å². The van der Waals surface area contributed by atoms with Crippen LogP contribution < -0.4 is 5.32 Å². The van der Waals surface area contributed by atoms with E-state index in [4.69, 9.17) is 4.98 Å². The molecule has 0 aliphatic carbocycles. The predicted molar refractivity (Wildman–Crippen MR) is 94.5 cm³/mol. The lowest BCUT2D eigenvalue weighted by atomic mass is 10.1. The smallest absolute Gasteiger partial charge is 0.124 e. The zero-order chi connectivity index (χ0) is 15.6. The Kier molecular flexibility index (Phi) is 4.36. The highest BCUT2D eigenvalue weighted by molar-refractivity contribution is 5.75. The quantitative estimate of drug-likeness (QED) is 0.941. The molecule has 0 radical (unpaired) electrons. The molecule has 2 aromatic rings. The summed E-state index contributed by atoms with van der Waals surface area (Å²) in [5.41, 5.74) is 2.43. The van der Waals surface area contributed by atoms with E-state index in [-0.39, 0.29) is 0 Å². The van der Waals surface area contributed by atoms with Crippen LogP contribution in [0.3, 0.4) is 0 Å². The Balaban J connectivity index is 1.60. The first-order valence-corrected chi connectivity index (χ1v) is 9.28. The van der Waals surface area contributed by atoms with Gasteiger partial charge in [-0.05, 0) is 44.4 Å². The van der Waals surface area contributed by atoms with Crippen molar-refractivity contribution >= 4 is 11.0 Å². The van der Waals surface area contributed by atoms with E-state index in [0.29, 0.717) is 12.1 Å². The highest BCUT2D eigenvalue weighted by Crippen LogP contribution is 2.27. The summed E-state index contributed by atoms with van der Waals surface area (Å²) in [5, 5.41) is 3.76. The second kappa shape index (κ2) is 6.62. The Morgan fingerprint density at radius 1 is 1.22 bits per heavy atom. The van der Waals surface area contributed by atoms with E-state index in [0.717, 1.165) is 25.0 Å². The minimum absolute atomic E-state index is 0.696.